The fraction of sp³-hybridized carbons (Fsp3) is 0.421. The largest absolute Gasteiger partial charge is 0.465 e. The number of rotatable bonds is 7. The van der Waals surface area contributed by atoms with Crippen LogP contribution in [0.1, 0.15) is 37.6 Å². The van der Waals surface area contributed by atoms with Gasteiger partial charge in [-0.1, -0.05) is 30.3 Å². The molecule has 0 N–H and O–H groups in total. The minimum atomic E-state index is -1.38. The van der Waals surface area contributed by atoms with Gasteiger partial charge in [0.1, 0.15) is 0 Å². The van der Waals surface area contributed by atoms with Gasteiger partial charge < -0.3 is 9.47 Å². The summed E-state index contributed by atoms with van der Waals surface area (Å²) in [5, 5.41) is -0.589. The van der Waals surface area contributed by atoms with Crippen LogP contribution in [0, 0.1) is 5.92 Å². The molecule has 2 rings (SSSR count). The second kappa shape index (κ2) is 8.81. The van der Waals surface area contributed by atoms with E-state index in [9.17, 15) is 14.4 Å². The molecule has 0 spiro atoms. The van der Waals surface area contributed by atoms with Crippen LogP contribution in [-0.4, -0.2) is 30.9 Å². The Kier molecular flexibility index (Phi) is 6.76. The first kappa shape index (κ1) is 19.2. The number of carbonyl (C=O) groups is 3. The Balaban J connectivity index is 2.48. The van der Waals surface area contributed by atoms with E-state index in [0.29, 0.717) is 12.0 Å². The van der Waals surface area contributed by atoms with Crippen LogP contribution in [0.15, 0.2) is 41.5 Å². The Morgan fingerprint density at radius 1 is 1.04 bits per heavy atom. The van der Waals surface area contributed by atoms with E-state index in [1.54, 1.807) is 13.8 Å². The van der Waals surface area contributed by atoms with Gasteiger partial charge in [-0.15, -0.1) is 11.6 Å². The van der Waals surface area contributed by atoms with Gasteiger partial charge in [0.05, 0.1) is 18.6 Å². The second-order valence-corrected chi connectivity index (χ2v) is 6.01. The van der Waals surface area contributed by atoms with Crippen LogP contribution in [0.4, 0.5) is 0 Å². The number of Topliss-reactive ketones (excluding diaryl/α,β-unsaturated/α-hetero) is 1. The first-order chi connectivity index (χ1) is 12.0. The highest BCUT2D eigenvalue weighted by Crippen LogP contribution is 2.41. The molecule has 5 nitrogen and oxygen atoms in total. The van der Waals surface area contributed by atoms with Gasteiger partial charge in [-0.25, -0.2) is 0 Å². The van der Waals surface area contributed by atoms with Crippen LogP contribution < -0.4 is 0 Å². The molecule has 1 aromatic carbocycles. The maximum Gasteiger partial charge on any atom is 0.325 e. The number of alkyl halides is 1. The molecular weight excluding hydrogens is 344 g/mol. The third-order valence-corrected chi connectivity index (χ3v) is 4.51. The van der Waals surface area contributed by atoms with Crippen LogP contribution in [0.3, 0.4) is 0 Å². The average Bonchev–Trinajstić information content (AvgIpc) is 2.97. The molecule has 0 heterocycles. The molecule has 0 bridgehead atoms. The lowest BCUT2D eigenvalue weighted by atomic mass is 9.92. The number of esters is 2. The minimum absolute atomic E-state index is 0.106. The quantitative estimate of drug-likeness (QED) is 0.421. The van der Waals surface area contributed by atoms with E-state index in [-0.39, 0.29) is 31.0 Å². The van der Waals surface area contributed by atoms with Crippen LogP contribution in [0.2, 0.25) is 0 Å². The zero-order chi connectivity index (χ0) is 18.4. The number of halogens is 1. The SMILES string of the molecule is CCOC(=O)C(C(=O)OCC)C1=C(C(Cl)c2ccccc2)CCC1=O. The molecule has 0 amide bonds. The van der Waals surface area contributed by atoms with Crippen molar-refractivity contribution in [1.82, 2.24) is 0 Å². The summed E-state index contributed by atoms with van der Waals surface area (Å²) in [6, 6.07) is 9.23. The van der Waals surface area contributed by atoms with Crippen molar-refractivity contribution in [3.63, 3.8) is 0 Å². The zero-order valence-corrected chi connectivity index (χ0v) is 15.0. The van der Waals surface area contributed by atoms with Gasteiger partial charge in [0.25, 0.3) is 0 Å². The molecule has 0 aliphatic heterocycles. The van der Waals surface area contributed by atoms with Crippen LogP contribution in [0.25, 0.3) is 0 Å². The van der Waals surface area contributed by atoms with Gasteiger partial charge in [-0.3, -0.25) is 14.4 Å². The molecule has 0 radical (unpaired) electrons. The summed E-state index contributed by atoms with van der Waals surface area (Å²) in [4.78, 5) is 37.1. The van der Waals surface area contributed by atoms with Gasteiger partial charge in [0.15, 0.2) is 11.7 Å². The predicted octanol–water partition coefficient (Wildman–Crippen LogP) is 3.37. The fourth-order valence-electron chi connectivity index (χ4n) is 2.91. The normalized spacial score (nSPS) is 15.4. The number of ether oxygens (including phenoxy) is 2. The minimum Gasteiger partial charge on any atom is -0.465 e. The highest BCUT2D eigenvalue weighted by atomic mass is 35.5. The number of benzene rings is 1. The lowest BCUT2D eigenvalue weighted by molar-refractivity contribution is -0.160. The Morgan fingerprint density at radius 2 is 1.60 bits per heavy atom. The monoisotopic (exact) mass is 364 g/mol. The lowest BCUT2D eigenvalue weighted by Crippen LogP contribution is -2.32. The van der Waals surface area contributed by atoms with Gasteiger partial charge in [0.2, 0.25) is 0 Å². The molecule has 1 aliphatic rings. The van der Waals surface area contributed by atoms with Gasteiger partial charge in [-0.2, -0.15) is 0 Å². The van der Waals surface area contributed by atoms with E-state index in [2.05, 4.69) is 0 Å². The molecule has 1 aromatic rings. The smallest absolute Gasteiger partial charge is 0.325 e. The molecule has 0 fully saturated rings. The Bertz CT molecular complexity index is 662. The summed E-state index contributed by atoms with van der Waals surface area (Å²) in [5.74, 6) is -3.20. The number of ketones is 1. The summed E-state index contributed by atoms with van der Waals surface area (Å²) in [6.07, 6.45) is 0.628. The molecule has 1 aliphatic carbocycles. The van der Waals surface area contributed by atoms with Crippen LogP contribution >= 0.6 is 11.6 Å². The summed E-state index contributed by atoms with van der Waals surface area (Å²) < 4.78 is 9.99. The van der Waals surface area contributed by atoms with Crippen molar-refractivity contribution in [3.8, 4) is 0 Å². The maximum absolute atomic E-state index is 12.4. The highest BCUT2D eigenvalue weighted by Gasteiger charge is 2.42. The van der Waals surface area contributed by atoms with Crippen molar-refractivity contribution in [2.75, 3.05) is 13.2 Å². The molecule has 25 heavy (non-hydrogen) atoms. The summed E-state index contributed by atoms with van der Waals surface area (Å²) in [6.45, 7) is 3.49. The summed E-state index contributed by atoms with van der Waals surface area (Å²) in [7, 11) is 0. The zero-order valence-electron chi connectivity index (χ0n) is 14.3. The molecule has 1 atom stereocenters. The first-order valence-electron chi connectivity index (χ1n) is 8.29. The van der Waals surface area contributed by atoms with E-state index in [1.165, 1.54) is 0 Å². The third-order valence-electron chi connectivity index (χ3n) is 4.00. The average molecular weight is 365 g/mol. The third kappa shape index (κ3) is 4.28. The van der Waals surface area contributed by atoms with E-state index in [1.807, 2.05) is 30.3 Å². The Morgan fingerprint density at radius 3 is 2.12 bits per heavy atom. The lowest BCUT2D eigenvalue weighted by Gasteiger charge is -2.19. The first-order valence-corrected chi connectivity index (χ1v) is 8.73. The van der Waals surface area contributed by atoms with Crippen molar-refractivity contribution in [2.24, 2.45) is 5.92 Å². The number of hydrogen-bond donors (Lipinski definition) is 0. The van der Waals surface area contributed by atoms with Crippen molar-refractivity contribution in [2.45, 2.75) is 32.1 Å². The fourth-order valence-corrected chi connectivity index (χ4v) is 3.28. The molecular formula is C19H21ClO5. The Labute approximate surface area is 151 Å². The predicted molar refractivity (Wildman–Crippen MR) is 93.1 cm³/mol. The van der Waals surface area contributed by atoms with Crippen LogP contribution in [0.5, 0.6) is 0 Å². The molecule has 6 heteroatoms. The van der Waals surface area contributed by atoms with E-state index < -0.39 is 23.2 Å². The second-order valence-electron chi connectivity index (χ2n) is 5.57. The summed E-state index contributed by atoms with van der Waals surface area (Å²) in [5.41, 5.74) is 1.52. The van der Waals surface area contributed by atoms with Gasteiger partial charge >= 0.3 is 11.9 Å². The van der Waals surface area contributed by atoms with Crippen molar-refractivity contribution in [3.05, 3.63) is 47.0 Å². The Hall–Kier alpha value is -2.14. The number of hydrogen-bond acceptors (Lipinski definition) is 5. The van der Waals surface area contributed by atoms with E-state index >= 15 is 0 Å². The van der Waals surface area contributed by atoms with Crippen molar-refractivity contribution >= 4 is 29.3 Å². The van der Waals surface area contributed by atoms with Crippen molar-refractivity contribution < 1.29 is 23.9 Å². The van der Waals surface area contributed by atoms with Gasteiger partial charge in [-0.05, 0) is 31.4 Å². The molecule has 1 unspecified atom stereocenters. The number of allylic oxidation sites excluding steroid dienone is 1. The molecule has 0 saturated heterocycles. The van der Waals surface area contributed by atoms with E-state index in [0.717, 1.165) is 5.56 Å². The topological polar surface area (TPSA) is 69.7 Å². The van der Waals surface area contributed by atoms with Crippen LogP contribution in [-0.2, 0) is 23.9 Å². The van der Waals surface area contributed by atoms with E-state index in [4.69, 9.17) is 21.1 Å². The number of carbonyl (C=O) groups excluding carboxylic acids is 3. The van der Waals surface area contributed by atoms with Gasteiger partial charge in [0, 0.05) is 12.0 Å². The maximum atomic E-state index is 12.4. The molecule has 0 saturated carbocycles. The highest BCUT2D eigenvalue weighted by molar-refractivity contribution is 6.24. The summed E-state index contributed by atoms with van der Waals surface area (Å²) >= 11 is 6.57. The standard InChI is InChI=1S/C19H21ClO5/c1-3-24-18(22)16(19(23)25-4-2)15-13(10-11-14(15)21)17(20)12-8-6-5-7-9-12/h5-9,16-17H,3-4,10-11H2,1-2H3. The molecule has 0 aromatic heterocycles. The molecule has 134 valence electrons. The van der Waals surface area contributed by atoms with Crippen molar-refractivity contribution in [1.29, 1.82) is 0 Å².